The molecular weight excluding hydrogens is 335 g/mol. The summed E-state index contributed by atoms with van der Waals surface area (Å²) in [4.78, 5) is 0. The second-order valence-electron chi connectivity index (χ2n) is 4.88. The number of nitrogens with zero attached hydrogens (tertiary/aromatic N) is 2. The Hall–Kier alpha value is -1.37. The molecule has 0 fully saturated rings. The van der Waals surface area contributed by atoms with Crippen molar-refractivity contribution in [3.05, 3.63) is 57.1 Å². The third-order valence-corrected chi connectivity index (χ3v) is 4.28. The van der Waals surface area contributed by atoms with E-state index in [1.165, 1.54) is 6.07 Å². The van der Waals surface area contributed by atoms with Crippen LogP contribution in [-0.2, 0) is 12.8 Å². The number of nitrogens with one attached hydrogen (secondary N) is 1. The van der Waals surface area contributed by atoms with E-state index in [2.05, 4.69) is 31.6 Å². The highest BCUT2D eigenvalue weighted by molar-refractivity contribution is 9.10. The average molecular weight is 353 g/mol. The Morgan fingerprint density at radius 1 is 1.38 bits per heavy atom. The monoisotopic (exact) mass is 352 g/mol. The SMILES string of the molecule is CCc1nnc(C)cc1C(Cc1cccc(F)c1Br)NN. The van der Waals surface area contributed by atoms with E-state index in [1.807, 2.05) is 26.0 Å². The van der Waals surface area contributed by atoms with E-state index in [-0.39, 0.29) is 11.9 Å². The zero-order chi connectivity index (χ0) is 15.4. The number of nitrogens with two attached hydrogens (primary N) is 1. The van der Waals surface area contributed by atoms with Gasteiger partial charge >= 0.3 is 0 Å². The second kappa shape index (κ2) is 7.06. The van der Waals surface area contributed by atoms with E-state index in [4.69, 9.17) is 5.84 Å². The first kappa shape index (κ1) is 16.0. The second-order valence-corrected chi connectivity index (χ2v) is 5.67. The van der Waals surface area contributed by atoms with Crippen LogP contribution in [0.15, 0.2) is 28.7 Å². The first-order valence-corrected chi connectivity index (χ1v) is 7.58. The molecule has 6 heteroatoms. The molecule has 1 heterocycles. The summed E-state index contributed by atoms with van der Waals surface area (Å²) in [7, 11) is 0. The van der Waals surface area contributed by atoms with Crippen LogP contribution in [-0.4, -0.2) is 10.2 Å². The summed E-state index contributed by atoms with van der Waals surface area (Å²) < 4.78 is 14.1. The van der Waals surface area contributed by atoms with E-state index >= 15 is 0 Å². The summed E-state index contributed by atoms with van der Waals surface area (Å²) in [6.07, 6.45) is 1.33. The summed E-state index contributed by atoms with van der Waals surface area (Å²) >= 11 is 3.29. The van der Waals surface area contributed by atoms with Gasteiger partial charge in [-0.3, -0.25) is 11.3 Å². The molecule has 0 amide bonds. The van der Waals surface area contributed by atoms with Gasteiger partial charge in [0.1, 0.15) is 5.82 Å². The van der Waals surface area contributed by atoms with Gasteiger partial charge in [0.05, 0.1) is 21.9 Å². The van der Waals surface area contributed by atoms with Crippen molar-refractivity contribution >= 4 is 15.9 Å². The minimum Gasteiger partial charge on any atom is -0.271 e. The predicted molar refractivity (Wildman–Crippen MR) is 84.0 cm³/mol. The Morgan fingerprint density at radius 2 is 2.14 bits per heavy atom. The van der Waals surface area contributed by atoms with Crippen LogP contribution in [0, 0.1) is 12.7 Å². The van der Waals surface area contributed by atoms with Crippen molar-refractivity contribution in [3.63, 3.8) is 0 Å². The van der Waals surface area contributed by atoms with Gasteiger partial charge in [0.25, 0.3) is 0 Å². The number of rotatable bonds is 5. The van der Waals surface area contributed by atoms with Gasteiger partial charge in [0.2, 0.25) is 0 Å². The summed E-state index contributed by atoms with van der Waals surface area (Å²) in [6.45, 7) is 3.91. The number of benzene rings is 1. The smallest absolute Gasteiger partial charge is 0.137 e. The molecule has 0 aliphatic carbocycles. The first-order valence-electron chi connectivity index (χ1n) is 6.79. The fraction of sp³-hybridized carbons (Fsp3) is 0.333. The van der Waals surface area contributed by atoms with E-state index in [9.17, 15) is 4.39 Å². The van der Waals surface area contributed by atoms with Crippen molar-refractivity contribution in [1.29, 1.82) is 0 Å². The highest BCUT2D eigenvalue weighted by Gasteiger charge is 2.18. The minimum atomic E-state index is -0.275. The van der Waals surface area contributed by atoms with Crippen molar-refractivity contribution in [2.24, 2.45) is 5.84 Å². The van der Waals surface area contributed by atoms with Crippen molar-refractivity contribution in [1.82, 2.24) is 15.6 Å². The summed E-state index contributed by atoms with van der Waals surface area (Å²) in [6, 6.07) is 6.83. The molecule has 1 aromatic heterocycles. The quantitative estimate of drug-likeness (QED) is 0.641. The van der Waals surface area contributed by atoms with Crippen LogP contribution in [0.5, 0.6) is 0 Å². The van der Waals surface area contributed by atoms with Crippen molar-refractivity contribution < 1.29 is 4.39 Å². The third-order valence-electron chi connectivity index (χ3n) is 3.39. The van der Waals surface area contributed by atoms with E-state index in [1.54, 1.807) is 6.07 Å². The first-order chi connectivity index (χ1) is 10.1. The maximum atomic E-state index is 13.6. The highest BCUT2D eigenvalue weighted by atomic mass is 79.9. The average Bonchev–Trinajstić information content (AvgIpc) is 2.49. The van der Waals surface area contributed by atoms with Gasteiger partial charge in [-0.1, -0.05) is 19.1 Å². The molecule has 3 N–H and O–H groups in total. The number of hydrazine groups is 1. The van der Waals surface area contributed by atoms with Crippen molar-refractivity contribution in [2.75, 3.05) is 0 Å². The lowest BCUT2D eigenvalue weighted by Crippen LogP contribution is -2.31. The van der Waals surface area contributed by atoms with Gasteiger partial charge in [-0.25, -0.2) is 4.39 Å². The van der Waals surface area contributed by atoms with Crippen LogP contribution in [0.1, 0.15) is 35.5 Å². The van der Waals surface area contributed by atoms with Gasteiger partial charge in [-0.15, -0.1) is 0 Å². The molecule has 0 bridgehead atoms. The predicted octanol–water partition coefficient (Wildman–Crippen LogP) is 3.00. The molecule has 0 aliphatic rings. The van der Waals surface area contributed by atoms with E-state index < -0.39 is 0 Å². The van der Waals surface area contributed by atoms with Gasteiger partial charge in [0.15, 0.2) is 0 Å². The van der Waals surface area contributed by atoms with E-state index in [0.717, 1.165) is 28.9 Å². The number of hydrogen-bond acceptors (Lipinski definition) is 4. The molecule has 2 aromatic rings. The molecule has 0 radical (unpaired) electrons. The molecule has 0 spiro atoms. The Morgan fingerprint density at radius 3 is 2.81 bits per heavy atom. The number of hydrogen-bond donors (Lipinski definition) is 2. The Labute approximate surface area is 132 Å². The summed E-state index contributed by atoms with van der Waals surface area (Å²) in [5.74, 6) is 5.43. The maximum Gasteiger partial charge on any atom is 0.137 e. The Kier molecular flexibility index (Phi) is 5.39. The zero-order valence-corrected chi connectivity index (χ0v) is 13.6. The van der Waals surface area contributed by atoms with Crippen molar-refractivity contribution in [3.8, 4) is 0 Å². The molecule has 0 aliphatic heterocycles. The molecule has 1 unspecified atom stereocenters. The molecule has 0 saturated carbocycles. The number of halogens is 2. The van der Waals surface area contributed by atoms with Gasteiger partial charge < -0.3 is 0 Å². The molecule has 2 rings (SSSR count). The molecule has 112 valence electrons. The Balaban J connectivity index is 2.36. The summed E-state index contributed by atoms with van der Waals surface area (Å²) in [5, 5.41) is 8.29. The standard InChI is InChI=1S/C15H18BrFN4/c1-3-13-11(7-9(2)20-21-13)14(19-18)8-10-5-4-6-12(17)15(10)16/h4-7,14,19H,3,8,18H2,1-2H3. The fourth-order valence-electron chi connectivity index (χ4n) is 2.30. The molecule has 21 heavy (non-hydrogen) atoms. The molecule has 1 atom stereocenters. The van der Waals surface area contributed by atoms with Crippen LogP contribution in [0.4, 0.5) is 4.39 Å². The van der Waals surface area contributed by atoms with Gasteiger partial charge in [-0.2, -0.15) is 10.2 Å². The van der Waals surface area contributed by atoms with Crippen LogP contribution < -0.4 is 11.3 Å². The molecule has 1 aromatic carbocycles. The number of aromatic nitrogens is 2. The van der Waals surface area contributed by atoms with E-state index in [0.29, 0.717) is 10.9 Å². The normalized spacial score (nSPS) is 12.4. The third kappa shape index (κ3) is 3.64. The molecule has 4 nitrogen and oxygen atoms in total. The largest absolute Gasteiger partial charge is 0.271 e. The fourth-order valence-corrected chi connectivity index (χ4v) is 2.72. The lowest BCUT2D eigenvalue weighted by molar-refractivity contribution is 0.537. The van der Waals surface area contributed by atoms with Crippen LogP contribution in [0.25, 0.3) is 0 Å². The van der Waals surface area contributed by atoms with Crippen LogP contribution >= 0.6 is 15.9 Å². The maximum absolute atomic E-state index is 13.6. The zero-order valence-electron chi connectivity index (χ0n) is 12.0. The molecular formula is C15H18BrFN4. The topological polar surface area (TPSA) is 63.8 Å². The summed E-state index contributed by atoms with van der Waals surface area (Å²) in [5.41, 5.74) is 6.40. The minimum absolute atomic E-state index is 0.146. The van der Waals surface area contributed by atoms with Crippen LogP contribution in [0.2, 0.25) is 0 Å². The number of aryl methyl sites for hydroxylation is 2. The van der Waals surface area contributed by atoms with Gasteiger partial charge in [-0.05, 0) is 59.0 Å². The van der Waals surface area contributed by atoms with Crippen LogP contribution in [0.3, 0.4) is 0 Å². The molecule has 0 saturated heterocycles. The van der Waals surface area contributed by atoms with Gasteiger partial charge in [0, 0.05) is 0 Å². The lowest BCUT2D eigenvalue weighted by atomic mass is 9.97. The highest BCUT2D eigenvalue weighted by Crippen LogP contribution is 2.27. The van der Waals surface area contributed by atoms with Crippen molar-refractivity contribution in [2.45, 2.75) is 32.7 Å². The Bertz CT molecular complexity index is 633. The lowest BCUT2D eigenvalue weighted by Gasteiger charge is -2.19.